The Morgan fingerprint density at radius 1 is 1.42 bits per heavy atom. The number of rotatable bonds is 7. The third-order valence-electron chi connectivity index (χ3n) is 3.38. The minimum atomic E-state index is -0.945. The Labute approximate surface area is 119 Å². The number of carboxylic acid groups (broad SMARTS) is 1. The fraction of sp³-hybridized carbons (Fsp3) is 0.846. The number of nitrogens with zero attached hydrogens (tertiary/aromatic N) is 1. The highest BCUT2D eigenvalue weighted by Gasteiger charge is 2.28. The normalized spacial score (nSPS) is 17.2. The third kappa shape index (κ3) is 5.72. The van der Waals surface area contributed by atoms with E-state index < -0.39 is 5.97 Å². The Morgan fingerprint density at radius 3 is 2.58 bits per heavy atom. The standard InChI is InChI=1S/C13H24N2O3S/c1-10(9-19-2)7-14-13(18)15(8-12(16)17)11-5-3-4-6-11/h10-11H,3-9H2,1-2H3,(H,14,18)(H,16,17). The topological polar surface area (TPSA) is 69.6 Å². The highest BCUT2D eigenvalue weighted by molar-refractivity contribution is 7.98. The van der Waals surface area contributed by atoms with Gasteiger partial charge >= 0.3 is 12.0 Å². The first kappa shape index (κ1) is 16.1. The molecule has 0 bridgehead atoms. The molecule has 0 radical (unpaired) electrons. The number of carbonyl (C=O) groups excluding carboxylic acids is 1. The number of thioether (sulfide) groups is 1. The number of amides is 2. The summed E-state index contributed by atoms with van der Waals surface area (Å²) in [5.74, 6) is 0.441. The lowest BCUT2D eigenvalue weighted by atomic mass is 10.2. The Balaban J connectivity index is 2.48. The Bertz CT molecular complexity index is 306. The second-order valence-electron chi connectivity index (χ2n) is 5.21. The van der Waals surface area contributed by atoms with Gasteiger partial charge < -0.3 is 15.3 Å². The third-order valence-corrected chi connectivity index (χ3v) is 4.29. The number of hydrogen-bond donors (Lipinski definition) is 2. The van der Waals surface area contributed by atoms with Crippen LogP contribution in [0, 0.1) is 5.92 Å². The molecule has 1 aliphatic carbocycles. The zero-order valence-corrected chi connectivity index (χ0v) is 12.5. The van der Waals surface area contributed by atoms with Crippen LogP contribution >= 0.6 is 11.8 Å². The molecule has 0 aromatic carbocycles. The molecule has 0 spiro atoms. The van der Waals surface area contributed by atoms with E-state index in [1.165, 1.54) is 4.90 Å². The van der Waals surface area contributed by atoms with Crippen molar-refractivity contribution in [3.05, 3.63) is 0 Å². The van der Waals surface area contributed by atoms with Gasteiger partial charge in [-0.15, -0.1) is 0 Å². The number of hydrogen-bond acceptors (Lipinski definition) is 3. The molecule has 2 amide bonds. The van der Waals surface area contributed by atoms with Gasteiger partial charge in [-0.3, -0.25) is 4.79 Å². The number of nitrogens with one attached hydrogen (secondary N) is 1. The van der Waals surface area contributed by atoms with E-state index in [-0.39, 0.29) is 18.6 Å². The predicted octanol–water partition coefficient (Wildman–Crippen LogP) is 2.02. The molecule has 1 aliphatic rings. The summed E-state index contributed by atoms with van der Waals surface area (Å²) in [6.45, 7) is 2.48. The molecule has 2 N–H and O–H groups in total. The second kappa shape index (κ2) is 8.30. The van der Waals surface area contributed by atoms with E-state index in [1.807, 2.05) is 6.26 Å². The molecule has 1 unspecified atom stereocenters. The van der Waals surface area contributed by atoms with Crippen molar-refractivity contribution in [2.24, 2.45) is 5.92 Å². The van der Waals surface area contributed by atoms with Gasteiger partial charge in [-0.1, -0.05) is 19.8 Å². The molecule has 0 heterocycles. The fourth-order valence-electron chi connectivity index (χ4n) is 2.43. The van der Waals surface area contributed by atoms with Crippen LogP contribution in [0.5, 0.6) is 0 Å². The van der Waals surface area contributed by atoms with Crippen LogP contribution in [0.1, 0.15) is 32.6 Å². The van der Waals surface area contributed by atoms with Crippen molar-refractivity contribution in [2.45, 2.75) is 38.6 Å². The zero-order valence-electron chi connectivity index (χ0n) is 11.7. The molecule has 1 rings (SSSR count). The predicted molar refractivity (Wildman–Crippen MR) is 77.5 cm³/mol. The smallest absolute Gasteiger partial charge is 0.323 e. The zero-order chi connectivity index (χ0) is 14.3. The number of carbonyl (C=O) groups is 2. The van der Waals surface area contributed by atoms with E-state index in [2.05, 4.69) is 12.2 Å². The lowest BCUT2D eigenvalue weighted by Crippen LogP contribution is -2.48. The van der Waals surface area contributed by atoms with Crippen LogP contribution in [-0.2, 0) is 4.79 Å². The first-order valence-electron chi connectivity index (χ1n) is 6.79. The summed E-state index contributed by atoms with van der Waals surface area (Å²) in [5.41, 5.74) is 0. The van der Waals surface area contributed by atoms with E-state index in [0.29, 0.717) is 12.5 Å². The molecular formula is C13H24N2O3S. The highest BCUT2D eigenvalue weighted by atomic mass is 32.2. The molecule has 19 heavy (non-hydrogen) atoms. The quantitative estimate of drug-likeness (QED) is 0.752. The van der Waals surface area contributed by atoms with Gasteiger partial charge in [0.25, 0.3) is 0 Å². The Hall–Kier alpha value is -0.910. The minimum absolute atomic E-state index is 0.0898. The molecule has 5 nitrogen and oxygen atoms in total. The second-order valence-corrected chi connectivity index (χ2v) is 6.12. The van der Waals surface area contributed by atoms with E-state index in [1.54, 1.807) is 11.8 Å². The summed E-state index contributed by atoms with van der Waals surface area (Å²) < 4.78 is 0. The van der Waals surface area contributed by atoms with Crippen molar-refractivity contribution in [2.75, 3.05) is 25.1 Å². The van der Waals surface area contributed by atoms with E-state index >= 15 is 0 Å². The Morgan fingerprint density at radius 2 is 2.05 bits per heavy atom. The van der Waals surface area contributed by atoms with E-state index in [4.69, 9.17) is 5.11 Å². The van der Waals surface area contributed by atoms with Gasteiger partial charge in [-0.25, -0.2) is 4.79 Å². The van der Waals surface area contributed by atoms with Crippen molar-refractivity contribution in [1.29, 1.82) is 0 Å². The monoisotopic (exact) mass is 288 g/mol. The minimum Gasteiger partial charge on any atom is -0.480 e. The van der Waals surface area contributed by atoms with Crippen LogP contribution in [0.2, 0.25) is 0 Å². The van der Waals surface area contributed by atoms with Crippen LogP contribution in [0.15, 0.2) is 0 Å². The molecule has 0 aromatic heterocycles. The SMILES string of the molecule is CSCC(C)CNC(=O)N(CC(=O)O)C1CCCC1. The number of aliphatic carboxylic acids is 1. The molecule has 1 atom stereocenters. The molecule has 0 aromatic rings. The largest absolute Gasteiger partial charge is 0.480 e. The van der Waals surface area contributed by atoms with Crippen LogP contribution in [0.3, 0.4) is 0 Å². The summed E-state index contributed by atoms with van der Waals surface area (Å²) >= 11 is 1.75. The van der Waals surface area contributed by atoms with Gasteiger partial charge in [0.1, 0.15) is 6.54 Å². The van der Waals surface area contributed by atoms with Crippen molar-refractivity contribution >= 4 is 23.8 Å². The van der Waals surface area contributed by atoms with E-state index in [0.717, 1.165) is 31.4 Å². The average molecular weight is 288 g/mol. The van der Waals surface area contributed by atoms with Gasteiger partial charge in [-0.05, 0) is 30.8 Å². The molecule has 1 saturated carbocycles. The van der Waals surface area contributed by atoms with Crippen molar-refractivity contribution in [3.63, 3.8) is 0 Å². The molecular weight excluding hydrogens is 264 g/mol. The van der Waals surface area contributed by atoms with Gasteiger partial charge in [0.15, 0.2) is 0 Å². The van der Waals surface area contributed by atoms with Gasteiger partial charge in [-0.2, -0.15) is 11.8 Å². The summed E-state index contributed by atoms with van der Waals surface area (Å²) in [6, 6.07) is -0.144. The summed E-state index contributed by atoms with van der Waals surface area (Å²) in [6.07, 6.45) is 6.03. The fourth-order valence-corrected chi connectivity index (χ4v) is 3.12. The number of carboxylic acids is 1. The first-order chi connectivity index (χ1) is 9.04. The van der Waals surface area contributed by atoms with Gasteiger partial charge in [0, 0.05) is 12.6 Å². The van der Waals surface area contributed by atoms with Crippen LogP contribution < -0.4 is 5.32 Å². The maximum atomic E-state index is 12.1. The maximum Gasteiger partial charge on any atom is 0.323 e. The summed E-state index contributed by atoms with van der Waals surface area (Å²) in [5, 5.41) is 11.8. The summed E-state index contributed by atoms with van der Waals surface area (Å²) in [7, 11) is 0. The lowest BCUT2D eigenvalue weighted by molar-refractivity contribution is -0.138. The van der Waals surface area contributed by atoms with Crippen molar-refractivity contribution in [1.82, 2.24) is 10.2 Å². The van der Waals surface area contributed by atoms with Crippen molar-refractivity contribution in [3.8, 4) is 0 Å². The molecule has 1 fully saturated rings. The van der Waals surface area contributed by atoms with Crippen LogP contribution in [-0.4, -0.2) is 53.1 Å². The molecule has 0 saturated heterocycles. The van der Waals surface area contributed by atoms with Crippen molar-refractivity contribution < 1.29 is 14.7 Å². The molecule has 6 heteroatoms. The maximum absolute atomic E-state index is 12.1. The van der Waals surface area contributed by atoms with E-state index in [9.17, 15) is 9.59 Å². The van der Waals surface area contributed by atoms with Crippen LogP contribution in [0.4, 0.5) is 4.79 Å². The van der Waals surface area contributed by atoms with Gasteiger partial charge in [0.2, 0.25) is 0 Å². The number of urea groups is 1. The summed E-state index contributed by atoms with van der Waals surface area (Å²) in [4.78, 5) is 24.5. The Kier molecular flexibility index (Phi) is 7.05. The lowest BCUT2D eigenvalue weighted by Gasteiger charge is -2.28. The highest BCUT2D eigenvalue weighted by Crippen LogP contribution is 2.23. The molecule has 110 valence electrons. The van der Waals surface area contributed by atoms with Gasteiger partial charge in [0.05, 0.1) is 0 Å². The van der Waals surface area contributed by atoms with Crippen LogP contribution in [0.25, 0.3) is 0 Å². The first-order valence-corrected chi connectivity index (χ1v) is 8.19. The molecule has 0 aliphatic heterocycles. The average Bonchev–Trinajstić information content (AvgIpc) is 2.86.